The summed E-state index contributed by atoms with van der Waals surface area (Å²) in [6.45, 7) is 5.07. The molecule has 0 unspecified atom stereocenters. The van der Waals surface area contributed by atoms with Crippen molar-refractivity contribution in [2.24, 2.45) is 0 Å². The van der Waals surface area contributed by atoms with E-state index >= 15 is 0 Å². The summed E-state index contributed by atoms with van der Waals surface area (Å²) in [4.78, 5) is 26.2. The number of aromatic nitrogens is 2. The van der Waals surface area contributed by atoms with Crippen LogP contribution in [-0.4, -0.2) is 47.0 Å². The van der Waals surface area contributed by atoms with E-state index in [4.69, 9.17) is 0 Å². The number of hydrogen-bond donors (Lipinski definition) is 0. The van der Waals surface area contributed by atoms with Gasteiger partial charge in [-0.2, -0.15) is 0 Å². The van der Waals surface area contributed by atoms with Crippen molar-refractivity contribution in [3.8, 4) is 11.3 Å². The van der Waals surface area contributed by atoms with Crippen molar-refractivity contribution in [2.75, 3.05) is 31.1 Å². The molecular weight excluding hydrogens is 360 g/mol. The number of amides is 1. The van der Waals surface area contributed by atoms with Crippen LogP contribution in [0.15, 0.2) is 73.1 Å². The predicted molar refractivity (Wildman–Crippen MR) is 116 cm³/mol. The summed E-state index contributed by atoms with van der Waals surface area (Å²) in [5, 5.41) is 0. The average Bonchev–Trinajstić information content (AvgIpc) is 2.81. The molecular formula is C24H26N4O. The zero-order valence-corrected chi connectivity index (χ0v) is 16.7. The molecule has 0 saturated carbocycles. The van der Waals surface area contributed by atoms with Gasteiger partial charge in [-0.25, -0.2) is 9.97 Å². The first-order chi connectivity index (χ1) is 14.3. The molecule has 3 aromatic rings. The molecule has 29 heavy (non-hydrogen) atoms. The highest BCUT2D eigenvalue weighted by atomic mass is 16.2. The lowest BCUT2D eigenvalue weighted by Crippen LogP contribution is -2.50. The number of anilines is 1. The van der Waals surface area contributed by atoms with Gasteiger partial charge in [-0.1, -0.05) is 67.6 Å². The van der Waals surface area contributed by atoms with Crippen molar-refractivity contribution < 1.29 is 4.79 Å². The Kier molecular flexibility index (Phi) is 5.84. The van der Waals surface area contributed by atoms with Crippen LogP contribution in [-0.2, 0) is 4.79 Å². The molecule has 0 bridgehead atoms. The first-order valence-electron chi connectivity index (χ1n) is 10.2. The normalized spacial score (nSPS) is 15.2. The quantitative estimate of drug-likeness (QED) is 0.665. The zero-order valence-electron chi connectivity index (χ0n) is 16.7. The van der Waals surface area contributed by atoms with Crippen LogP contribution in [0.5, 0.6) is 0 Å². The Hall–Kier alpha value is -3.21. The van der Waals surface area contributed by atoms with E-state index in [1.807, 2.05) is 59.5 Å². The topological polar surface area (TPSA) is 49.3 Å². The second-order valence-corrected chi connectivity index (χ2v) is 7.31. The number of benzene rings is 2. The first kappa shape index (κ1) is 19.1. The Morgan fingerprint density at radius 2 is 1.59 bits per heavy atom. The molecule has 5 nitrogen and oxygen atoms in total. The van der Waals surface area contributed by atoms with Crippen LogP contribution in [0.25, 0.3) is 11.3 Å². The second-order valence-electron chi connectivity index (χ2n) is 7.31. The van der Waals surface area contributed by atoms with Gasteiger partial charge in [-0.05, 0) is 12.0 Å². The van der Waals surface area contributed by atoms with E-state index in [1.165, 1.54) is 0 Å². The number of piperazine rings is 1. The van der Waals surface area contributed by atoms with Gasteiger partial charge in [0.15, 0.2) is 0 Å². The summed E-state index contributed by atoms with van der Waals surface area (Å²) in [5.41, 5.74) is 3.11. The van der Waals surface area contributed by atoms with Gasteiger partial charge in [0, 0.05) is 37.8 Å². The Labute approximate surface area is 172 Å². The van der Waals surface area contributed by atoms with Crippen LogP contribution < -0.4 is 4.90 Å². The Morgan fingerprint density at radius 3 is 2.24 bits per heavy atom. The largest absolute Gasteiger partial charge is 0.353 e. The molecule has 1 aliphatic rings. The molecule has 1 aliphatic heterocycles. The summed E-state index contributed by atoms with van der Waals surface area (Å²) in [5.74, 6) is 1.08. The number of hydrogen-bond acceptors (Lipinski definition) is 4. The predicted octanol–water partition coefficient (Wildman–Crippen LogP) is 3.99. The standard InChI is InChI=1S/C24H26N4O/c1-2-21(19-9-5-3-6-10-19)24(29)28-15-13-27(14-16-28)23-17-22(25-18-26-23)20-11-7-4-8-12-20/h3-12,17-18,21H,2,13-16H2,1H3/t21-/m1/s1. The highest BCUT2D eigenvalue weighted by Gasteiger charge is 2.28. The molecule has 0 spiro atoms. The minimum absolute atomic E-state index is 0.0634. The third-order valence-corrected chi connectivity index (χ3v) is 5.55. The molecule has 0 radical (unpaired) electrons. The molecule has 2 aromatic carbocycles. The minimum atomic E-state index is -0.0634. The van der Waals surface area contributed by atoms with Crippen LogP contribution in [0.4, 0.5) is 5.82 Å². The van der Waals surface area contributed by atoms with Gasteiger partial charge < -0.3 is 9.80 Å². The fourth-order valence-corrected chi connectivity index (χ4v) is 3.90. The zero-order chi connectivity index (χ0) is 20.1. The lowest BCUT2D eigenvalue weighted by Gasteiger charge is -2.37. The number of nitrogens with zero attached hydrogens (tertiary/aromatic N) is 4. The number of carbonyl (C=O) groups excluding carboxylic acids is 1. The first-order valence-corrected chi connectivity index (χ1v) is 10.2. The highest BCUT2D eigenvalue weighted by Crippen LogP contribution is 2.25. The summed E-state index contributed by atoms with van der Waals surface area (Å²) in [6.07, 6.45) is 2.44. The fraction of sp³-hybridized carbons (Fsp3) is 0.292. The average molecular weight is 386 g/mol. The molecule has 5 heteroatoms. The lowest BCUT2D eigenvalue weighted by molar-refractivity contribution is -0.133. The molecule has 2 heterocycles. The van der Waals surface area contributed by atoms with E-state index in [-0.39, 0.29) is 11.8 Å². The molecule has 1 fully saturated rings. The van der Waals surface area contributed by atoms with Gasteiger partial charge in [0.2, 0.25) is 5.91 Å². The summed E-state index contributed by atoms with van der Waals surface area (Å²) in [7, 11) is 0. The monoisotopic (exact) mass is 386 g/mol. The van der Waals surface area contributed by atoms with E-state index < -0.39 is 0 Å². The number of carbonyl (C=O) groups is 1. The second kappa shape index (κ2) is 8.86. The molecule has 0 aliphatic carbocycles. The minimum Gasteiger partial charge on any atom is -0.353 e. The van der Waals surface area contributed by atoms with Crippen LogP contribution in [0.1, 0.15) is 24.8 Å². The maximum atomic E-state index is 13.1. The molecule has 148 valence electrons. The molecule has 0 N–H and O–H groups in total. The van der Waals surface area contributed by atoms with Crippen molar-refractivity contribution >= 4 is 11.7 Å². The molecule has 4 rings (SSSR count). The van der Waals surface area contributed by atoms with Crippen molar-refractivity contribution in [1.29, 1.82) is 0 Å². The van der Waals surface area contributed by atoms with Gasteiger partial charge >= 0.3 is 0 Å². The van der Waals surface area contributed by atoms with Crippen molar-refractivity contribution in [2.45, 2.75) is 19.3 Å². The van der Waals surface area contributed by atoms with Crippen molar-refractivity contribution in [1.82, 2.24) is 14.9 Å². The maximum Gasteiger partial charge on any atom is 0.230 e. The third-order valence-electron chi connectivity index (χ3n) is 5.55. The molecule has 1 saturated heterocycles. The molecule has 1 aromatic heterocycles. The summed E-state index contributed by atoms with van der Waals surface area (Å²) >= 11 is 0. The lowest BCUT2D eigenvalue weighted by atomic mass is 9.95. The Bertz CT molecular complexity index is 937. The van der Waals surface area contributed by atoms with E-state index in [0.29, 0.717) is 13.1 Å². The maximum absolute atomic E-state index is 13.1. The van der Waals surface area contributed by atoms with Gasteiger partial charge in [-0.15, -0.1) is 0 Å². The smallest absolute Gasteiger partial charge is 0.230 e. The van der Waals surface area contributed by atoms with Crippen LogP contribution in [0.2, 0.25) is 0 Å². The van der Waals surface area contributed by atoms with Crippen LogP contribution in [0, 0.1) is 0 Å². The van der Waals surface area contributed by atoms with E-state index in [0.717, 1.165) is 42.1 Å². The summed E-state index contributed by atoms with van der Waals surface area (Å²) < 4.78 is 0. The van der Waals surface area contributed by atoms with E-state index in [9.17, 15) is 4.79 Å². The van der Waals surface area contributed by atoms with Crippen molar-refractivity contribution in [3.05, 3.63) is 78.6 Å². The van der Waals surface area contributed by atoms with Gasteiger partial charge in [-0.3, -0.25) is 4.79 Å². The third kappa shape index (κ3) is 4.29. The van der Waals surface area contributed by atoms with Crippen LogP contribution in [0.3, 0.4) is 0 Å². The fourth-order valence-electron chi connectivity index (χ4n) is 3.90. The Morgan fingerprint density at radius 1 is 0.931 bits per heavy atom. The highest BCUT2D eigenvalue weighted by molar-refractivity contribution is 5.84. The van der Waals surface area contributed by atoms with Gasteiger partial charge in [0.25, 0.3) is 0 Å². The Balaban J connectivity index is 1.43. The van der Waals surface area contributed by atoms with E-state index in [2.05, 4.69) is 33.9 Å². The SMILES string of the molecule is CC[C@@H](C(=O)N1CCN(c2cc(-c3ccccc3)ncn2)CC1)c1ccccc1. The molecule has 1 amide bonds. The molecule has 1 atom stereocenters. The van der Waals surface area contributed by atoms with Crippen LogP contribution >= 0.6 is 0 Å². The van der Waals surface area contributed by atoms with Gasteiger partial charge in [0.1, 0.15) is 12.1 Å². The van der Waals surface area contributed by atoms with Gasteiger partial charge in [0.05, 0.1) is 11.6 Å². The number of rotatable bonds is 5. The van der Waals surface area contributed by atoms with E-state index in [1.54, 1.807) is 6.33 Å². The van der Waals surface area contributed by atoms with Crippen molar-refractivity contribution in [3.63, 3.8) is 0 Å². The summed E-state index contributed by atoms with van der Waals surface area (Å²) in [6, 6.07) is 22.3.